The number of aliphatic carboxylic acids is 2. The first kappa shape index (κ1) is 81.0. The molecule has 7 rings (SSSR count). The molecule has 3 saturated heterocycles. The Morgan fingerprint density at radius 2 is 1.27 bits per heavy atom. The number of nitrogens with one attached hydrogen (secondary N) is 11. The van der Waals surface area contributed by atoms with Gasteiger partial charge in [0, 0.05) is 91.7 Å². The normalized spacial score (nSPS) is 22.9. The number of carbonyl (C=O) groups is 14. The van der Waals surface area contributed by atoms with Crippen LogP contribution in [0.25, 0.3) is 10.9 Å². The number of H-pyrrole nitrogens is 2. The molecule has 12 amide bonds. The minimum atomic E-state index is -1.69. The van der Waals surface area contributed by atoms with Crippen molar-refractivity contribution in [2.45, 2.75) is 188 Å². The fourth-order valence-electron chi connectivity index (χ4n) is 12.5. The third kappa shape index (κ3) is 23.6. The molecule has 0 spiro atoms. The smallest absolute Gasteiger partial charge is 0.305 e. The van der Waals surface area contributed by atoms with E-state index in [1.807, 2.05) is 0 Å². The first-order valence-electron chi connectivity index (χ1n) is 34.2. The summed E-state index contributed by atoms with van der Waals surface area (Å²) in [4.78, 5) is 215. The second-order valence-electron chi connectivity index (χ2n) is 26.2. The van der Waals surface area contributed by atoms with E-state index in [0.717, 1.165) is 28.5 Å². The van der Waals surface area contributed by atoms with Crippen molar-refractivity contribution in [1.29, 1.82) is 0 Å². The molecule has 21 N–H and O–H groups in total. The van der Waals surface area contributed by atoms with Crippen molar-refractivity contribution < 1.29 is 77.3 Å². The zero-order chi connectivity index (χ0) is 75.8. The van der Waals surface area contributed by atoms with Gasteiger partial charge >= 0.3 is 11.9 Å². The van der Waals surface area contributed by atoms with Crippen molar-refractivity contribution >= 4 is 121 Å². The fraction of sp³-hybridized carbons (Fsp3) is 0.522. The van der Waals surface area contributed by atoms with Gasteiger partial charge in [-0.1, -0.05) is 70.1 Å². The van der Waals surface area contributed by atoms with Crippen LogP contribution in [0.3, 0.4) is 0 Å². The molecule has 37 heteroatoms. The summed E-state index contributed by atoms with van der Waals surface area (Å²) in [5, 5.41) is 44.0. The number of para-hydroxylation sites is 1. The van der Waals surface area contributed by atoms with Gasteiger partial charge in [0.1, 0.15) is 66.5 Å². The van der Waals surface area contributed by atoms with Gasteiger partial charge in [0.25, 0.3) is 0 Å². The van der Waals surface area contributed by atoms with Gasteiger partial charge in [-0.3, -0.25) is 72.1 Å². The van der Waals surface area contributed by atoms with E-state index in [-0.39, 0.29) is 95.7 Å². The number of aliphatic imine (C=N–C) groups is 1. The Morgan fingerprint density at radius 1 is 0.673 bits per heavy atom. The minimum Gasteiger partial charge on any atom is -0.481 e. The molecule has 0 saturated carbocycles. The number of carboxylic acids is 2. The fourth-order valence-corrected chi connectivity index (χ4v) is 15.3. The molecule has 11 atom stereocenters. The van der Waals surface area contributed by atoms with Crippen molar-refractivity contribution in [3.63, 3.8) is 0 Å². The van der Waals surface area contributed by atoms with Gasteiger partial charge in [-0.05, 0) is 102 Å². The maximum Gasteiger partial charge on any atom is 0.305 e. The quantitative estimate of drug-likeness (QED) is 0.0127. The van der Waals surface area contributed by atoms with Crippen molar-refractivity contribution in [2.75, 3.05) is 31.9 Å². The molecule has 35 nitrogen and oxygen atoms in total. The van der Waals surface area contributed by atoms with Gasteiger partial charge in [-0.25, -0.2) is 4.98 Å². The molecular weight excluding hydrogens is 1390 g/mol. The Balaban J connectivity index is 1.30. The largest absolute Gasteiger partial charge is 0.481 e. The first-order valence-corrected chi connectivity index (χ1v) is 36.5. The van der Waals surface area contributed by atoms with Crippen LogP contribution in [0.1, 0.15) is 115 Å². The highest BCUT2D eigenvalue weighted by Crippen LogP contribution is 2.39. The second kappa shape index (κ2) is 38.8. The number of likely N-dealkylation sites (tertiary alicyclic amines) is 2. The summed E-state index contributed by atoms with van der Waals surface area (Å²) in [6, 6.07) is -0.776. The van der Waals surface area contributed by atoms with Crippen LogP contribution >= 0.6 is 21.6 Å². The molecule has 0 aliphatic carbocycles. The predicted octanol–water partition coefficient (Wildman–Crippen LogP) is -2.54. The van der Waals surface area contributed by atoms with E-state index in [1.54, 1.807) is 74.6 Å². The van der Waals surface area contributed by atoms with Crippen molar-refractivity contribution in [2.24, 2.45) is 27.9 Å². The Hall–Kier alpha value is -10.3. The van der Waals surface area contributed by atoms with E-state index in [1.165, 1.54) is 22.3 Å². The van der Waals surface area contributed by atoms with Gasteiger partial charge < -0.3 is 101 Å². The molecule has 564 valence electrons. The van der Waals surface area contributed by atoms with Crippen molar-refractivity contribution in [3.8, 4) is 0 Å². The van der Waals surface area contributed by atoms with Gasteiger partial charge in [-0.2, -0.15) is 0 Å². The van der Waals surface area contributed by atoms with Crippen molar-refractivity contribution in [1.82, 2.24) is 72.6 Å². The molecule has 3 aliphatic rings. The summed E-state index contributed by atoms with van der Waals surface area (Å²) in [6.45, 7) is 4.45. The Morgan fingerprint density at radius 3 is 1.89 bits per heavy atom. The van der Waals surface area contributed by atoms with Crippen LogP contribution in [0.4, 0.5) is 0 Å². The summed E-state index contributed by atoms with van der Waals surface area (Å²) in [6.07, 6.45) is 2.98. The third-order valence-electron chi connectivity index (χ3n) is 17.8. The number of hydrogen-bond donors (Lipinski definition) is 17. The summed E-state index contributed by atoms with van der Waals surface area (Å²) in [5.41, 5.74) is 24.6. The van der Waals surface area contributed by atoms with Crippen molar-refractivity contribution in [3.05, 3.63) is 90.1 Å². The molecule has 104 heavy (non-hydrogen) atoms. The number of rotatable bonds is 27. The van der Waals surface area contributed by atoms with E-state index in [2.05, 4.69) is 67.8 Å². The van der Waals surface area contributed by atoms with Crippen LogP contribution in [-0.2, 0) is 86.4 Å². The van der Waals surface area contributed by atoms with E-state index in [9.17, 15) is 53.4 Å². The van der Waals surface area contributed by atoms with Gasteiger partial charge in [0.05, 0.1) is 12.7 Å². The van der Waals surface area contributed by atoms with Crippen LogP contribution in [-0.4, -0.2) is 227 Å². The number of carbonyl (C=O) groups excluding carboxylic acids is 12. The standard InChI is InChI=1S/C67H93N19O16S2/c1-36(87)76-54-63(100)79-44(22-23-52(88)89)58(95)83-48(30-39-33-72-35-75-39)61(98)81-46(28-37-14-5-4-6-15-37)59(96)77-43(19-11-25-73-66(70)71)57(94)82-47(29-38-32-74-41-17-8-7-16-40(38)41)60(97)84-49(34-103-104-67(54,2)3)64(101)86-27-13-21-51(86)65(102)85-26-12-20-50(85)62(99)78-42(18-9-10-24-68)56(93)80-45(55(69)92)31-53(90)91/h4-8,14-17,32-33,35,42-51,54,74H,9-13,18-31,34,68H2,1-3H3,(H2,69,92)(H,72,75)(H,76,87)(H,77,96)(H,78,99)(H,79,100)(H,80,93)(H,81,98)(H,82,94)(H,83,95)(H,84,97)(H,88,89)(H,90,91)(H4,70,71,73)/t42-,43-,44-,45-,46+,47-,48-,49-,50-,51-,54+/m0/s1. The lowest BCUT2D eigenvalue weighted by Gasteiger charge is -2.35. The van der Waals surface area contributed by atoms with Crippen LogP contribution in [0.5, 0.6) is 0 Å². The molecule has 2 aromatic carbocycles. The third-order valence-corrected chi connectivity index (χ3v) is 21.1. The number of primary amides is 1. The number of carboxylic acid groups (broad SMARTS) is 2. The van der Waals surface area contributed by atoms with E-state index in [0.29, 0.717) is 47.0 Å². The number of amides is 12. The SMILES string of the molecule is CC(=O)N[C@@H]1C(=O)N[C@@H](CCC(=O)O)C(=O)N[C@@H](Cc2cnc[nH]2)C(=O)N[C@H](Cc2ccccc2)C(=O)N[C@@H](CCCN=C(N)N)C(=O)N[C@@H](Cc2c[nH]c3ccccc23)C(=O)N[C@H](C(=O)N2CCC[C@H]2C(=O)N2CCC[C@H]2C(=O)N[C@@H](CCCCN)C(=O)N[C@@H](CC(=O)O)C(N)=O)CSSC1(C)C. The Kier molecular flexibility index (Phi) is 30.2. The Bertz CT molecular complexity index is 3760. The number of benzene rings is 2. The lowest BCUT2D eigenvalue weighted by Crippen LogP contribution is -2.62. The molecule has 0 radical (unpaired) electrons. The lowest BCUT2D eigenvalue weighted by molar-refractivity contribution is -0.148. The number of aromatic nitrogens is 3. The van der Waals surface area contributed by atoms with Gasteiger partial charge in [0.15, 0.2) is 5.96 Å². The number of nitrogens with two attached hydrogens (primary N) is 4. The molecule has 4 aromatic rings. The van der Waals surface area contributed by atoms with E-state index < -0.39 is 173 Å². The summed E-state index contributed by atoms with van der Waals surface area (Å²) in [7, 11) is 1.92. The summed E-state index contributed by atoms with van der Waals surface area (Å²) < 4.78 is -1.43. The Labute approximate surface area is 606 Å². The highest BCUT2D eigenvalue weighted by Gasteiger charge is 2.46. The number of imidazole rings is 1. The number of unbranched alkanes of at least 4 members (excludes halogenated alkanes) is 1. The highest BCUT2D eigenvalue weighted by molar-refractivity contribution is 8.77. The average molecular weight is 1480 g/mol. The monoisotopic (exact) mass is 1480 g/mol. The molecule has 5 heterocycles. The molecule has 3 fully saturated rings. The number of nitrogens with zero attached hydrogens (tertiary/aromatic N) is 4. The topological polar surface area (TPSA) is 555 Å². The van der Waals surface area contributed by atoms with Crippen LogP contribution in [0.2, 0.25) is 0 Å². The number of aromatic amines is 2. The van der Waals surface area contributed by atoms with E-state index in [4.69, 9.17) is 22.9 Å². The second-order valence-corrected chi connectivity index (χ2v) is 29.2. The maximum atomic E-state index is 15.7. The summed E-state index contributed by atoms with van der Waals surface area (Å²) in [5.74, 6) is -14.1. The van der Waals surface area contributed by atoms with Gasteiger partial charge in [-0.15, -0.1) is 0 Å². The summed E-state index contributed by atoms with van der Waals surface area (Å²) >= 11 is 0. The molecular formula is C67H93N19O16S2. The maximum absolute atomic E-state index is 15.7. The minimum absolute atomic E-state index is 0.00365. The number of hydrogen-bond acceptors (Lipinski definition) is 19. The van der Waals surface area contributed by atoms with Crippen LogP contribution in [0.15, 0.2) is 78.3 Å². The first-order chi connectivity index (χ1) is 49.5. The number of fused-ring (bicyclic) bond motifs is 1. The number of guanidine groups is 1. The zero-order valence-electron chi connectivity index (χ0n) is 57.9. The zero-order valence-corrected chi connectivity index (χ0v) is 59.6. The molecule has 3 aliphatic heterocycles. The van der Waals surface area contributed by atoms with Gasteiger partial charge in [0.2, 0.25) is 70.9 Å². The molecule has 0 bridgehead atoms. The lowest BCUT2D eigenvalue weighted by atomic mass is 10.0. The predicted molar refractivity (Wildman–Crippen MR) is 382 cm³/mol. The van der Waals surface area contributed by atoms with E-state index >= 15 is 24.0 Å². The van der Waals surface area contributed by atoms with Crippen LogP contribution in [0, 0.1) is 0 Å². The molecule has 2 aromatic heterocycles. The highest BCUT2D eigenvalue weighted by atomic mass is 33.1. The van der Waals surface area contributed by atoms with Crippen LogP contribution < -0.4 is 70.8 Å². The average Bonchev–Trinajstić information content (AvgIpc) is 1.59. The molecule has 0 unspecified atom stereocenters.